The highest BCUT2D eigenvalue weighted by atomic mass is 32.2. The molecule has 2 unspecified atom stereocenters. The molecule has 1 saturated carbocycles. The fraction of sp³-hybridized carbons (Fsp3) is 0.600. The minimum absolute atomic E-state index is 0.606. The third-order valence-corrected chi connectivity index (χ3v) is 5.07. The summed E-state index contributed by atoms with van der Waals surface area (Å²) in [6.07, 6.45) is 5.40. The third kappa shape index (κ3) is 3.42. The van der Waals surface area contributed by atoms with Crippen molar-refractivity contribution in [2.24, 2.45) is 11.7 Å². The van der Waals surface area contributed by atoms with Crippen molar-refractivity contribution in [3.8, 4) is 5.75 Å². The van der Waals surface area contributed by atoms with E-state index in [1.165, 1.54) is 36.1 Å². The molecule has 0 aromatic heterocycles. The molecule has 0 radical (unpaired) electrons. The smallest absolute Gasteiger partial charge is 0.119 e. The topological polar surface area (TPSA) is 35.2 Å². The Hall–Kier alpha value is -0.670. The van der Waals surface area contributed by atoms with Crippen molar-refractivity contribution in [2.45, 2.75) is 49.3 Å². The van der Waals surface area contributed by atoms with E-state index in [2.05, 4.69) is 19.1 Å². The van der Waals surface area contributed by atoms with Gasteiger partial charge < -0.3 is 10.5 Å². The average molecular weight is 265 g/mol. The number of methoxy groups -OCH3 is 1. The second-order valence-electron chi connectivity index (χ2n) is 5.19. The lowest BCUT2D eigenvalue weighted by molar-refractivity contribution is 0.394. The first-order chi connectivity index (χ1) is 8.72. The van der Waals surface area contributed by atoms with Crippen LogP contribution in [0.5, 0.6) is 5.75 Å². The highest BCUT2D eigenvalue weighted by Crippen LogP contribution is 2.38. The summed E-state index contributed by atoms with van der Waals surface area (Å²) < 4.78 is 5.31. The normalized spacial score (nSPS) is 23.9. The monoisotopic (exact) mass is 265 g/mol. The highest BCUT2D eigenvalue weighted by Gasteiger charge is 2.20. The van der Waals surface area contributed by atoms with Gasteiger partial charge in [-0.2, -0.15) is 0 Å². The number of nitrogens with two attached hydrogens (primary N) is 1. The van der Waals surface area contributed by atoms with Crippen molar-refractivity contribution in [2.75, 3.05) is 7.11 Å². The van der Waals surface area contributed by atoms with Crippen LogP contribution < -0.4 is 10.5 Å². The van der Waals surface area contributed by atoms with Crippen LogP contribution in [-0.4, -0.2) is 12.4 Å². The lowest BCUT2D eigenvalue weighted by atomic mass is 9.91. The van der Waals surface area contributed by atoms with Gasteiger partial charge in [-0.05, 0) is 36.5 Å². The first kappa shape index (κ1) is 13.8. The van der Waals surface area contributed by atoms with Crippen LogP contribution in [0.2, 0.25) is 0 Å². The number of ether oxygens (including phenoxy) is 1. The van der Waals surface area contributed by atoms with Gasteiger partial charge in [0.05, 0.1) is 7.11 Å². The van der Waals surface area contributed by atoms with Crippen LogP contribution in [0.15, 0.2) is 23.1 Å². The molecule has 0 bridgehead atoms. The highest BCUT2D eigenvalue weighted by molar-refractivity contribution is 8.00. The van der Waals surface area contributed by atoms with Crippen LogP contribution in [-0.2, 0) is 6.54 Å². The van der Waals surface area contributed by atoms with E-state index in [0.717, 1.165) is 16.9 Å². The van der Waals surface area contributed by atoms with Gasteiger partial charge in [-0.15, -0.1) is 11.8 Å². The Morgan fingerprint density at radius 2 is 2.22 bits per heavy atom. The lowest BCUT2D eigenvalue weighted by Crippen LogP contribution is -2.15. The van der Waals surface area contributed by atoms with Gasteiger partial charge in [-0.25, -0.2) is 0 Å². The third-order valence-electron chi connectivity index (χ3n) is 3.68. The van der Waals surface area contributed by atoms with E-state index >= 15 is 0 Å². The van der Waals surface area contributed by atoms with E-state index in [1.807, 2.05) is 17.8 Å². The molecule has 100 valence electrons. The molecule has 1 aromatic rings. The van der Waals surface area contributed by atoms with Gasteiger partial charge in [0.15, 0.2) is 0 Å². The number of hydrogen-bond acceptors (Lipinski definition) is 3. The molecule has 1 aliphatic rings. The Bertz CT molecular complexity index is 394. The predicted octanol–water partition coefficient (Wildman–Crippen LogP) is 3.82. The van der Waals surface area contributed by atoms with Crippen LogP contribution in [0.4, 0.5) is 0 Å². The largest absolute Gasteiger partial charge is 0.497 e. The first-order valence-corrected chi connectivity index (χ1v) is 7.64. The Balaban J connectivity index is 2.11. The van der Waals surface area contributed by atoms with Crippen molar-refractivity contribution in [3.63, 3.8) is 0 Å². The zero-order valence-corrected chi connectivity index (χ0v) is 12.1. The van der Waals surface area contributed by atoms with Crippen LogP contribution in [0.3, 0.4) is 0 Å². The Kier molecular flexibility index (Phi) is 4.95. The van der Waals surface area contributed by atoms with Crippen LogP contribution in [0.1, 0.15) is 38.2 Å². The minimum Gasteiger partial charge on any atom is -0.497 e. The van der Waals surface area contributed by atoms with Gasteiger partial charge in [0.2, 0.25) is 0 Å². The Morgan fingerprint density at radius 3 is 2.89 bits per heavy atom. The second kappa shape index (κ2) is 6.48. The fourth-order valence-electron chi connectivity index (χ4n) is 2.61. The summed E-state index contributed by atoms with van der Waals surface area (Å²) in [4.78, 5) is 1.30. The zero-order chi connectivity index (χ0) is 13.0. The van der Waals surface area contributed by atoms with Gasteiger partial charge in [-0.1, -0.05) is 25.8 Å². The van der Waals surface area contributed by atoms with E-state index in [1.54, 1.807) is 7.11 Å². The Morgan fingerprint density at radius 1 is 1.39 bits per heavy atom. The predicted molar refractivity (Wildman–Crippen MR) is 78.2 cm³/mol. The molecule has 0 saturated heterocycles. The van der Waals surface area contributed by atoms with E-state index in [0.29, 0.717) is 6.54 Å². The SMILES string of the molecule is COc1ccc(CN)c(SC2CCCC(C)C2)c1. The maximum absolute atomic E-state index is 5.82. The van der Waals surface area contributed by atoms with Crippen LogP contribution in [0, 0.1) is 5.92 Å². The number of benzene rings is 1. The molecule has 2 rings (SSSR count). The van der Waals surface area contributed by atoms with Crippen molar-refractivity contribution >= 4 is 11.8 Å². The maximum atomic E-state index is 5.82. The first-order valence-electron chi connectivity index (χ1n) is 6.76. The fourth-order valence-corrected chi connectivity index (χ4v) is 4.16. The van der Waals surface area contributed by atoms with Crippen molar-refractivity contribution in [1.29, 1.82) is 0 Å². The number of thioether (sulfide) groups is 1. The maximum Gasteiger partial charge on any atom is 0.119 e. The van der Waals surface area contributed by atoms with E-state index in [9.17, 15) is 0 Å². The van der Waals surface area contributed by atoms with Gasteiger partial charge >= 0.3 is 0 Å². The summed E-state index contributed by atoms with van der Waals surface area (Å²) in [5.41, 5.74) is 7.06. The van der Waals surface area contributed by atoms with Crippen molar-refractivity contribution < 1.29 is 4.74 Å². The van der Waals surface area contributed by atoms with Gasteiger partial charge in [0.25, 0.3) is 0 Å². The molecule has 2 N–H and O–H groups in total. The number of rotatable bonds is 4. The van der Waals surface area contributed by atoms with E-state index in [-0.39, 0.29) is 0 Å². The molecule has 2 nitrogen and oxygen atoms in total. The van der Waals surface area contributed by atoms with Crippen molar-refractivity contribution in [1.82, 2.24) is 0 Å². The summed E-state index contributed by atoms with van der Waals surface area (Å²) in [7, 11) is 1.72. The molecule has 1 aromatic carbocycles. The molecule has 0 amide bonds. The van der Waals surface area contributed by atoms with Gasteiger partial charge in [0, 0.05) is 16.7 Å². The molecule has 0 heterocycles. The Labute approximate surface area is 114 Å². The molecule has 1 aliphatic carbocycles. The second-order valence-corrected chi connectivity index (χ2v) is 6.53. The molecule has 0 aliphatic heterocycles. The molecule has 18 heavy (non-hydrogen) atoms. The lowest BCUT2D eigenvalue weighted by Gasteiger charge is -2.26. The summed E-state index contributed by atoms with van der Waals surface area (Å²) in [6.45, 7) is 2.97. The summed E-state index contributed by atoms with van der Waals surface area (Å²) in [6, 6.07) is 6.22. The van der Waals surface area contributed by atoms with Gasteiger partial charge in [0.1, 0.15) is 5.75 Å². The molecule has 3 heteroatoms. The molecule has 1 fully saturated rings. The summed E-state index contributed by atoms with van der Waals surface area (Å²) in [5.74, 6) is 1.79. The summed E-state index contributed by atoms with van der Waals surface area (Å²) >= 11 is 1.99. The van der Waals surface area contributed by atoms with Crippen LogP contribution >= 0.6 is 11.8 Å². The van der Waals surface area contributed by atoms with E-state index in [4.69, 9.17) is 10.5 Å². The molecule has 0 spiro atoms. The van der Waals surface area contributed by atoms with Crippen molar-refractivity contribution in [3.05, 3.63) is 23.8 Å². The quantitative estimate of drug-likeness (QED) is 0.898. The standard InChI is InChI=1S/C15H23NOS/c1-11-4-3-5-14(8-11)18-15-9-13(17-2)7-6-12(15)10-16/h6-7,9,11,14H,3-5,8,10,16H2,1-2H3. The molecular formula is C15H23NOS. The van der Waals surface area contributed by atoms with Crippen LogP contribution in [0.25, 0.3) is 0 Å². The molecule has 2 atom stereocenters. The summed E-state index contributed by atoms with van der Waals surface area (Å²) in [5, 5.41) is 0.742. The van der Waals surface area contributed by atoms with Gasteiger partial charge in [-0.3, -0.25) is 0 Å². The van der Waals surface area contributed by atoms with E-state index < -0.39 is 0 Å². The minimum atomic E-state index is 0.606. The molecular weight excluding hydrogens is 242 g/mol. The number of hydrogen-bond donors (Lipinski definition) is 1. The average Bonchev–Trinajstić information content (AvgIpc) is 2.38. The zero-order valence-electron chi connectivity index (χ0n) is 11.3.